The van der Waals surface area contributed by atoms with E-state index in [1.165, 1.54) is 10.0 Å². The van der Waals surface area contributed by atoms with Crippen molar-refractivity contribution in [1.82, 2.24) is 0 Å². The van der Waals surface area contributed by atoms with Crippen LogP contribution in [-0.4, -0.2) is 25.2 Å². The predicted octanol–water partition coefficient (Wildman–Crippen LogP) is 1.06. The zero-order valence-corrected chi connectivity index (χ0v) is 8.67. The average Bonchev–Trinajstić information content (AvgIpc) is 1.91. The molecule has 0 saturated heterocycles. The fraction of sp³-hybridized carbons (Fsp3) is 0.125. The van der Waals surface area contributed by atoms with E-state index in [-0.39, 0.29) is 0 Å². The van der Waals surface area contributed by atoms with Gasteiger partial charge in [-0.2, -0.15) is 0 Å². The molecular weight excluding hydrogens is 215 g/mol. The summed E-state index contributed by atoms with van der Waals surface area (Å²) >= 11 is -0.411. The van der Waals surface area contributed by atoms with Gasteiger partial charge in [0.15, 0.2) is 0 Å². The van der Waals surface area contributed by atoms with Gasteiger partial charge in [0.2, 0.25) is 0 Å². The summed E-state index contributed by atoms with van der Waals surface area (Å²) in [5.74, 6) is 0. The molecule has 9 heavy (non-hydrogen) atoms. The predicted molar refractivity (Wildman–Crippen MR) is 44.4 cm³/mol. The van der Waals surface area contributed by atoms with Gasteiger partial charge in [-0.15, -0.1) is 0 Å². The minimum absolute atomic E-state index is 0.411. The summed E-state index contributed by atoms with van der Waals surface area (Å²) in [5, 5.41) is 0. The van der Waals surface area contributed by atoms with Crippen molar-refractivity contribution in [2.75, 3.05) is 0 Å². The van der Waals surface area contributed by atoms with Gasteiger partial charge in [-0.05, 0) is 0 Å². The van der Waals surface area contributed by atoms with Gasteiger partial charge >= 0.3 is 65.5 Å². The molecule has 0 bridgehead atoms. The summed E-state index contributed by atoms with van der Waals surface area (Å²) in [6.45, 7) is 0. The minimum atomic E-state index is -0.411. The number of hydrogen-bond donors (Lipinski definition) is 0. The third-order valence-corrected chi connectivity index (χ3v) is 3.39. The summed E-state index contributed by atoms with van der Waals surface area (Å²) < 4.78 is 5.26. The Kier molecular flexibility index (Phi) is 2.98. The van der Waals surface area contributed by atoms with Crippen molar-refractivity contribution in [2.45, 2.75) is 4.44 Å². The molecule has 0 amide bonds. The average molecular weight is 225 g/mol. The first kappa shape index (κ1) is 7.00. The second-order valence-electron chi connectivity index (χ2n) is 1.98. The van der Waals surface area contributed by atoms with E-state index in [2.05, 4.69) is 34.9 Å². The molecule has 0 aliphatic carbocycles. The van der Waals surface area contributed by atoms with Gasteiger partial charge in [-0.3, -0.25) is 0 Å². The normalized spacial score (nSPS) is 8.89. The molecule has 0 fully saturated rings. The number of benzene rings is 1. The zero-order chi connectivity index (χ0) is 6.53. The number of rotatable bonds is 2. The van der Waals surface area contributed by atoms with Gasteiger partial charge in [-0.1, -0.05) is 0 Å². The van der Waals surface area contributed by atoms with Crippen LogP contribution in [0.5, 0.6) is 0 Å². The summed E-state index contributed by atoms with van der Waals surface area (Å²) in [7, 11) is 0. The topological polar surface area (TPSA) is 0 Å². The van der Waals surface area contributed by atoms with Crippen LogP contribution in [0.1, 0.15) is 5.56 Å². The summed E-state index contributed by atoms with van der Waals surface area (Å²) in [6.07, 6.45) is 0. The van der Waals surface area contributed by atoms with Crippen LogP contribution in [0.2, 0.25) is 0 Å². The number of hydrogen-bond acceptors (Lipinski definition) is 0. The molecule has 0 N–H and O–H groups in total. The van der Waals surface area contributed by atoms with Crippen molar-refractivity contribution in [3.63, 3.8) is 0 Å². The molecule has 1 aromatic carbocycles. The van der Waals surface area contributed by atoms with E-state index >= 15 is 0 Å². The van der Waals surface area contributed by atoms with Gasteiger partial charge in [0.25, 0.3) is 0 Å². The summed E-state index contributed by atoms with van der Waals surface area (Å²) in [5.41, 5.74) is 1.47. The van der Waals surface area contributed by atoms with Crippen molar-refractivity contribution >= 4 is 25.2 Å². The molecule has 0 aliphatic heterocycles. The van der Waals surface area contributed by atoms with Crippen LogP contribution in [-0.2, 0) is 4.44 Å². The van der Waals surface area contributed by atoms with Gasteiger partial charge in [0.1, 0.15) is 0 Å². The molecule has 0 nitrogen and oxygen atoms in total. The van der Waals surface area contributed by atoms with Crippen molar-refractivity contribution < 1.29 is 0 Å². The second-order valence-corrected chi connectivity index (χ2v) is 4.79. The van der Waals surface area contributed by atoms with Crippen LogP contribution in [0.4, 0.5) is 0 Å². The third-order valence-electron chi connectivity index (χ3n) is 1.22. The van der Waals surface area contributed by atoms with E-state index in [1.807, 2.05) is 0 Å². The molecule has 1 rings (SSSR count). The molecule has 0 spiro atoms. The van der Waals surface area contributed by atoms with Gasteiger partial charge in [-0.25, -0.2) is 0 Å². The van der Waals surface area contributed by atoms with Crippen LogP contribution < -0.4 is 0 Å². The Morgan fingerprint density at radius 3 is 2.44 bits per heavy atom. The van der Waals surface area contributed by atoms with Crippen molar-refractivity contribution in [1.29, 1.82) is 0 Å². The molecule has 0 aliphatic rings. The Balaban J connectivity index is 2.72. The van der Waals surface area contributed by atoms with Gasteiger partial charge in [0.05, 0.1) is 0 Å². The molecule has 0 radical (unpaired) electrons. The summed E-state index contributed by atoms with van der Waals surface area (Å²) in [6, 6.07) is 10.6. The third kappa shape index (κ3) is 2.31. The molecule has 1 heteroatoms. The van der Waals surface area contributed by atoms with Crippen molar-refractivity contribution in [3.05, 3.63) is 35.9 Å². The first-order valence-electron chi connectivity index (χ1n) is 3.08. The fourth-order valence-corrected chi connectivity index (χ4v) is 2.51. The van der Waals surface area contributed by atoms with Crippen LogP contribution in [0.25, 0.3) is 0 Å². The molecule has 0 heterocycles. The second kappa shape index (κ2) is 3.83. The Morgan fingerprint density at radius 2 is 1.89 bits per heavy atom. The maximum absolute atomic E-state index is 3.97. The van der Waals surface area contributed by atoms with E-state index in [9.17, 15) is 0 Å². The molecule has 0 saturated carbocycles. The van der Waals surface area contributed by atoms with E-state index in [1.54, 1.807) is 0 Å². The monoisotopic (exact) mass is 226 g/mol. The van der Waals surface area contributed by atoms with Crippen LogP contribution >= 0.6 is 0 Å². The molecule has 1 aromatic rings. The molecule has 0 aromatic heterocycles. The Morgan fingerprint density at radius 1 is 1.22 bits per heavy atom. The Bertz CT molecular complexity index is 179. The molecule has 0 unspecified atom stereocenters. The van der Waals surface area contributed by atoms with E-state index in [0.29, 0.717) is 0 Å². The van der Waals surface area contributed by atoms with Crippen molar-refractivity contribution in [3.8, 4) is 0 Å². The SMILES string of the molecule is [CH2]=[SnH][CH2]c1ccccc1. The van der Waals surface area contributed by atoms with Gasteiger partial charge in [0, 0.05) is 0 Å². The zero-order valence-electron chi connectivity index (χ0n) is 5.38. The Hall–Kier alpha value is -0.111. The maximum atomic E-state index is 3.97. The van der Waals surface area contributed by atoms with Crippen LogP contribution in [0, 0.1) is 0 Å². The van der Waals surface area contributed by atoms with E-state index < -0.39 is 20.7 Å². The van der Waals surface area contributed by atoms with Crippen molar-refractivity contribution in [2.24, 2.45) is 0 Å². The molecule has 46 valence electrons. The first-order chi connectivity index (χ1) is 4.43. The quantitative estimate of drug-likeness (QED) is 0.660. The fourth-order valence-electron chi connectivity index (χ4n) is 0.781. The summed E-state index contributed by atoms with van der Waals surface area (Å²) in [4.78, 5) is 0. The van der Waals surface area contributed by atoms with E-state index in [0.717, 1.165) is 0 Å². The van der Waals surface area contributed by atoms with Gasteiger partial charge < -0.3 is 0 Å². The van der Waals surface area contributed by atoms with Crippen LogP contribution in [0.3, 0.4) is 0 Å². The first-order valence-corrected chi connectivity index (χ1v) is 7.74. The standard InChI is InChI=1S/C7H7.CH2.Sn.H/c1-7-5-3-2-4-6-7;;;/h2-6H,1H2;1H2;;. The molecular formula is C8H10Sn. The Labute approximate surface area is 65.6 Å². The molecule has 0 atom stereocenters. The van der Waals surface area contributed by atoms with E-state index in [4.69, 9.17) is 0 Å². The van der Waals surface area contributed by atoms with Crippen LogP contribution in [0.15, 0.2) is 30.3 Å².